The topological polar surface area (TPSA) is 52.6 Å². The van der Waals surface area contributed by atoms with E-state index in [0.717, 1.165) is 0 Å². The van der Waals surface area contributed by atoms with E-state index < -0.39 is 11.1 Å². The van der Waals surface area contributed by atoms with Crippen molar-refractivity contribution in [3.63, 3.8) is 0 Å². The molecule has 0 unspecified atom stereocenters. The van der Waals surface area contributed by atoms with E-state index in [-0.39, 0.29) is 17.6 Å². The van der Waals surface area contributed by atoms with Gasteiger partial charge in [0.25, 0.3) is 0 Å². The maximum absolute atomic E-state index is 11.1. The Labute approximate surface area is 81.3 Å². The Balaban J connectivity index is 3.78. The summed E-state index contributed by atoms with van der Waals surface area (Å²) in [5.74, 6) is -0.491. The highest BCUT2D eigenvalue weighted by Gasteiger charge is 2.17. The van der Waals surface area contributed by atoms with Crippen molar-refractivity contribution in [1.29, 1.82) is 0 Å². The molecule has 0 amide bonds. The molecule has 0 radical (unpaired) electrons. The van der Waals surface area contributed by atoms with Gasteiger partial charge in [-0.15, -0.1) is 0 Å². The van der Waals surface area contributed by atoms with Gasteiger partial charge in [0.05, 0.1) is 24.9 Å². The van der Waals surface area contributed by atoms with E-state index in [1.54, 1.807) is 20.8 Å². The summed E-state index contributed by atoms with van der Waals surface area (Å²) in [4.78, 5) is 11.1. The number of rotatable bonds is 6. The van der Waals surface area contributed by atoms with Gasteiger partial charge in [-0.1, -0.05) is 6.92 Å². The largest absolute Gasteiger partial charge is 0.466 e. The Morgan fingerprint density at radius 3 is 2.46 bits per heavy atom. The minimum Gasteiger partial charge on any atom is -0.466 e. The lowest BCUT2D eigenvalue weighted by molar-refractivity contribution is -0.146. The van der Waals surface area contributed by atoms with Crippen molar-refractivity contribution in [3.8, 4) is 0 Å². The molecule has 0 fully saturated rings. The number of ether oxygens (including phenoxy) is 1. The zero-order valence-corrected chi connectivity index (χ0v) is 9.06. The van der Waals surface area contributed by atoms with Crippen molar-refractivity contribution in [2.45, 2.75) is 20.8 Å². The highest BCUT2D eigenvalue weighted by Crippen LogP contribution is 2.02. The van der Waals surface area contributed by atoms with E-state index in [0.29, 0.717) is 13.2 Å². The second kappa shape index (κ2) is 7.03. The average Bonchev–Trinajstić information content (AvgIpc) is 2.05. The van der Waals surface area contributed by atoms with Crippen LogP contribution in [-0.4, -0.2) is 29.1 Å². The van der Waals surface area contributed by atoms with E-state index in [4.69, 9.17) is 8.92 Å². The number of carbonyl (C=O) groups excluding carboxylic acids is 1. The molecule has 0 saturated carbocycles. The Morgan fingerprint density at radius 2 is 2.00 bits per heavy atom. The molecule has 0 aromatic carbocycles. The van der Waals surface area contributed by atoms with E-state index in [1.807, 2.05) is 0 Å². The maximum Gasteiger partial charge on any atom is 0.309 e. The third-order valence-electron chi connectivity index (χ3n) is 1.32. The van der Waals surface area contributed by atoms with Gasteiger partial charge in [0, 0.05) is 0 Å². The standard InChI is InChI=1S/C8H16O4S/c1-4-11-8(9)7(3)6-13(10)12-5-2/h7H,4-6H2,1-3H3/t7-,13+/m0/s1. The molecule has 78 valence electrons. The van der Waals surface area contributed by atoms with Crippen LogP contribution in [-0.2, 0) is 24.8 Å². The van der Waals surface area contributed by atoms with Gasteiger partial charge in [-0.2, -0.15) is 0 Å². The van der Waals surface area contributed by atoms with Gasteiger partial charge in [-0.3, -0.25) is 8.98 Å². The van der Waals surface area contributed by atoms with Gasteiger partial charge in [0.1, 0.15) is 0 Å². The summed E-state index contributed by atoms with van der Waals surface area (Å²) in [5.41, 5.74) is 0. The average molecular weight is 208 g/mol. The van der Waals surface area contributed by atoms with Crippen LogP contribution in [0.3, 0.4) is 0 Å². The van der Waals surface area contributed by atoms with Crippen molar-refractivity contribution in [2.75, 3.05) is 19.0 Å². The fourth-order valence-corrected chi connectivity index (χ4v) is 1.64. The zero-order chi connectivity index (χ0) is 10.3. The Bertz CT molecular complexity index is 181. The van der Waals surface area contributed by atoms with Gasteiger partial charge in [0.2, 0.25) is 0 Å². The van der Waals surface area contributed by atoms with E-state index in [9.17, 15) is 9.00 Å². The summed E-state index contributed by atoms with van der Waals surface area (Å²) in [6.07, 6.45) is 0. The van der Waals surface area contributed by atoms with Crippen molar-refractivity contribution in [2.24, 2.45) is 5.92 Å². The fourth-order valence-electron chi connectivity index (χ4n) is 0.736. The van der Waals surface area contributed by atoms with E-state index >= 15 is 0 Å². The third-order valence-corrected chi connectivity index (χ3v) is 2.60. The molecule has 0 aromatic rings. The lowest BCUT2D eigenvalue weighted by Gasteiger charge is -2.08. The van der Waals surface area contributed by atoms with Crippen LogP contribution >= 0.6 is 0 Å². The van der Waals surface area contributed by atoms with Crippen molar-refractivity contribution in [1.82, 2.24) is 0 Å². The highest BCUT2D eigenvalue weighted by molar-refractivity contribution is 7.80. The van der Waals surface area contributed by atoms with E-state index in [2.05, 4.69) is 0 Å². The van der Waals surface area contributed by atoms with Crippen molar-refractivity contribution in [3.05, 3.63) is 0 Å². The van der Waals surface area contributed by atoms with Crippen LogP contribution in [0.4, 0.5) is 0 Å². The van der Waals surface area contributed by atoms with Gasteiger partial charge in [-0.25, -0.2) is 4.21 Å². The molecule has 0 bridgehead atoms. The van der Waals surface area contributed by atoms with Crippen molar-refractivity contribution >= 4 is 17.0 Å². The quantitative estimate of drug-likeness (QED) is 0.608. The summed E-state index contributed by atoms with van der Waals surface area (Å²) < 4.78 is 20.6. The first kappa shape index (κ1) is 12.6. The normalized spacial score (nSPS) is 15.0. The summed E-state index contributed by atoms with van der Waals surface area (Å²) >= 11 is -1.38. The minimum atomic E-state index is -1.38. The third kappa shape index (κ3) is 5.76. The molecular formula is C8H16O4S. The molecule has 2 atom stereocenters. The Kier molecular flexibility index (Phi) is 6.80. The lowest BCUT2D eigenvalue weighted by atomic mass is 10.2. The van der Waals surface area contributed by atoms with Crippen LogP contribution in [0.1, 0.15) is 20.8 Å². The van der Waals surface area contributed by atoms with Crippen LogP contribution in [0.5, 0.6) is 0 Å². The highest BCUT2D eigenvalue weighted by atomic mass is 32.2. The van der Waals surface area contributed by atoms with Crippen molar-refractivity contribution < 1.29 is 17.9 Å². The monoisotopic (exact) mass is 208 g/mol. The molecule has 0 aliphatic carbocycles. The minimum absolute atomic E-state index is 0.201. The Hall–Kier alpha value is -0.420. The van der Waals surface area contributed by atoms with Gasteiger partial charge >= 0.3 is 5.97 Å². The van der Waals surface area contributed by atoms with Gasteiger partial charge in [-0.05, 0) is 13.8 Å². The molecule has 5 heteroatoms. The van der Waals surface area contributed by atoms with Crippen LogP contribution in [0.2, 0.25) is 0 Å². The van der Waals surface area contributed by atoms with Crippen LogP contribution < -0.4 is 0 Å². The summed E-state index contributed by atoms with van der Waals surface area (Å²) in [7, 11) is 0. The molecule has 13 heavy (non-hydrogen) atoms. The predicted octanol–water partition coefficient (Wildman–Crippen LogP) is 0.886. The molecule has 0 N–H and O–H groups in total. The SMILES string of the molecule is CCOC(=O)[C@@H](C)C[S@](=O)OCC. The maximum atomic E-state index is 11.1. The second-order valence-corrected chi connectivity index (χ2v) is 3.71. The number of hydrogen-bond acceptors (Lipinski definition) is 4. The molecule has 0 aliphatic heterocycles. The molecule has 0 rings (SSSR count). The number of carbonyl (C=O) groups is 1. The smallest absolute Gasteiger partial charge is 0.309 e. The zero-order valence-electron chi connectivity index (χ0n) is 8.24. The first-order valence-electron chi connectivity index (χ1n) is 4.30. The summed E-state index contributed by atoms with van der Waals surface area (Å²) in [6.45, 7) is 5.92. The molecule has 0 heterocycles. The molecular weight excluding hydrogens is 192 g/mol. The molecule has 0 saturated heterocycles. The molecule has 0 spiro atoms. The van der Waals surface area contributed by atoms with E-state index in [1.165, 1.54) is 0 Å². The lowest BCUT2D eigenvalue weighted by Crippen LogP contribution is -2.21. The van der Waals surface area contributed by atoms with Gasteiger partial charge < -0.3 is 4.74 Å². The fraction of sp³-hybridized carbons (Fsp3) is 0.875. The number of esters is 1. The molecule has 0 aliphatic rings. The van der Waals surface area contributed by atoms with Crippen LogP contribution in [0, 0.1) is 5.92 Å². The molecule has 4 nitrogen and oxygen atoms in total. The Morgan fingerprint density at radius 1 is 1.38 bits per heavy atom. The number of hydrogen-bond donors (Lipinski definition) is 0. The summed E-state index contributed by atoms with van der Waals surface area (Å²) in [5, 5.41) is 0. The first-order chi connectivity index (χ1) is 6.11. The van der Waals surface area contributed by atoms with Crippen LogP contribution in [0.25, 0.3) is 0 Å². The predicted molar refractivity (Wildman–Crippen MR) is 50.4 cm³/mol. The molecule has 0 aromatic heterocycles. The summed E-state index contributed by atoms with van der Waals surface area (Å²) in [6, 6.07) is 0. The van der Waals surface area contributed by atoms with Crippen LogP contribution in [0.15, 0.2) is 0 Å². The second-order valence-electron chi connectivity index (χ2n) is 2.53. The first-order valence-corrected chi connectivity index (χ1v) is 5.54. The van der Waals surface area contributed by atoms with Gasteiger partial charge in [0.15, 0.2) is 11.1 Å².